The number of nitrogens with zero attached hydrogens (tertiary/aromatic N) is 1. The van der Waals surface area contributed by atoms with Crippen LogP contribution in [0.25, 0.3) is 0 Å². The first-order chi connectivity index (χ1) is 14.4. The van der Waals surface area contributed by atoms with Gasteiger partial charge in [-0.1, -0.05) is 6.58 Å². The number of aliphatic hydroxyl groups is 1. The molecular weight excluding hydrogens is 504 g/mol. The SMILES string of the molecule is C=C1[C@@H](n2cc(C)c(=O)[nH]c2=O)C[C@H](O)[C@@]1(CF)COP(=O)(O)OP(=O)(O)OP(=O)(O)O. The summed E-state index contributed by atoms with van der Waals surface area (Å²) in [4.78, 5) is 61.5. The van der Waals surface area contributed by atoms with Crippen molar-refractivity contribution in [2.24, 2.45) is 5.41 Å². The van der Waals surface area contributed by atoms with Crippen molar-refractivity contribution in [3.05, 3.63) is 44.8 Å². The number of phosphoric acid groups is 3. The van der Waals surface area contributed by atoms with Crippen LogP contribution in [-0.2, 0) is 26.8 Å². The Morgan fingerprint density at radius 1 is 1.22 bits per heavy atom. The van der Waals surface area contributed by atoms with Crippen molar-refractivity contribution in [3.63, 3.8) is 0 Å². The molecule has 19 heteroatoms. The molecule has 1 fully saturated rings. The van der Waals surface area contributed by atoms with E-state index in [0.29, 0.717) is 0 Å². The number of aliphatic hydroxyl groups excluding tert-OH is 1. The molecular formula is C13H20FN2O13P3. The molecule has 182 valence electrons. The Morgan fingerprint density at radius 2 is 1.81 bits per heavy atom. The third-order valence-electron chi connectivity index (χ3n) is 4.75. The first-order valence-electron chi connectivity index (χ1n) is 8.47. The lowest BCUT2D eigenvalue weighted by atomic mass is 9.83. The lowest BCUT2D eigenvalue weighted by molar-refractivity contribution is 0.0104. The van der Waals surface area contributed by atoms with E-state index in [0.717, 1.165) is 10.8 Å². The van der Waals surface area contributed by atoms with Crippen molar-refractivity contribution in [1.29, 1.82) is 0 Å². The topological polar surface area (TPSA) is 235 Å². The number of aromatic amines is 1. The molecule has 2 unspecified atom stereocenters. The fourth-order valence-electron chi connectivity index (χ4n) is 3.13. The highest BCUT2D eigenvalue weighted by Gasteiger charge is 2.53. The highest BCUT2D eigenvalue weighted by molar-refractivity contribution is 7.66. The second-order valence-electron chi connectivity index (χ2n) is 6.93. The highest BCUT2D eigenvalue weighted by Crippen LogP contribution is 2.66. The number of H-pyrrole nitrogens is 1. The lowest BCUT2D eigenvalue weighted by Gasteiger charge is -2.31. The van der Waals surface area contributed by atoms with Gasteiger partial charge in [0.05, 0.1) is 24.2 Å². The van der Waals surface area contributed by atoms with Crippen LogP contribution < -0.4 is 11.2 Å². The molecule has 0 radical (unpaired) electrons. The van der Waals surface area contributed by atoms with Gasteiger partial charge in [0, 0.05) is 11.8 Å². The molecule has 5 atom stereocenters. The number of nitrogens with one attached hydrogen (secondary N) is 1. The summed E-state index contributed by atoms with van der Waals surface area (Å²) in [5.41, 5.74) is -3.68. The average Bonchev–Trinajstić information content (AvgIpc) is 2.84. The van der Waals surface area contributed by atoms with Crippen LogP contribution in [0.5, 0.6) is 0 Å². The minimum atomic E-state index is -5.79. The maximum absolute atomic E-state index is 14.0. The molecule has 1 heterocycles. The van der Waals surface area contributed by atoms with Gasteiger partial charge in [-0.2, -0.15) is 8.62 Å². The summed E-state index contributed by atoms with van der Waals surface area (Å²) in [5.74, 6) is 0. The summed E-state index contributed by atoms with van der Waals surface area (Å²) in [5, 5.41) is 10.4. The minimum absolute atomic E-state index is 0.123. The van der Waals surface area contributed by atoms with Gasteiger partial charge in [0.15, 0.2) is 0 Å². The first kappa shape index (κ1) is 27.0. The number of halogens is 1. The summed E-state index contributed by atoms with van der Waals surface area (Å²) in [6, 6.07) is -1.06. The predicted molar refractivity (Wildman–Crippen MR) is 103 cm³/mol. The number of aromatic nitrogens is 2. The quantitative estimate of drug-likeness (QED) is 0.185. The van der Waals surface area contributed by atoms with Crippen LogP contribution in [-0.4, -0.2) is 53.6 Å². The van der Waals surface area contributed by atoms with Crippen LogP contribution in [0.4, 0.5) is 4.39 Å². The van der Waals surface area contributed by atoms with Gasteiger partial charge >= 0.3 is 29.2 Å². The number of alkyl halides is 1. The summed E-state index contributed by atoms with van der Waals surface area (Å²) >= 11 is 0. The predicted octanol–water partition coefficient (Wildman–Crippen LogP) is 0.00612. The van der Waals surface area contributed by atoms with E-state index in [4.69, 9.17) is 9.79 Å². The van der Waals surface area contributed by atoms with Crippen LogP contribution in [0, 0.1) is 12.3 Å². The van der Waals surface area contributed by atoms with Crippen LogP contribution in [0.1, 0.15) is 18.0 Å². The van der Waals surface area contributed by atoms with E-state index in [1.165, 1.54) is 6.92 Å². The molecule has 2 rings (SSSR count). The molecule has 1 saturated carbocycles. The molecule has 0 aliphatic heterocycles. The van der Waals surface area contributed by atoms with E-state index in [2.05, 4.69) is 19.7 Å². The smallest absolute Gasteiger partial charge is 0.392 e. The number of hydrogen-bond donors (Lipinski definition) is 6. The van der Waals surface area contributed by atoms with Gasteiger partial charge in [0.25, 0.3) is 5.56 Å². The second kappa shape index (κ2) is 9.16. The number of aryl methyl sites for hydroxylation is 1. The zero-order chi connectivity index (χ0) is 24.7. The largest absolute Gasteiger partial charge is 0.490 e. The van der Waals surface area contributed by atoms with Crippen LogP contribution in [0.2, 0.25) is 0 Å². The fraction of sp³-hybridized carbons (Fsp3) is 0.538. The number of hydrogen-bond acceptors (Lipinski definition) is 9. The van der Waals surface area contributed by atoms with Crippen LogP contribution in [0.3, 0.4) is 0 Å². The normalized spacial score (nSPS) is 27.8. The van der Waals surface area contributed by atoms with Gasteiger partial charge in [0.1, 0.15) is 6.67 Å². The third kappa shape index (κ3) is 5.99. The van der Waals surface area contributed by atoms with Crippen LogP contribution >= 0.6 is 23.5 Å². The maximum Gasteiger partial charge on any atom is 0.490 e. The summed E-state index contributed by atoms with van der Waals surface area (Å²) in [7, 11) is -17.0. The molecule has 1 aliphatic carbocycles. The van der Waals surface area contributed by atoms with Gasteiger partial charge in [-0.05, 0) is 18.9 Å². The summed E-state index contributed by atoms with van der Waals surface area (Å²) in [6.45, 7) is 2.45. The van der Waals surface area contributed by atoms with Gasteiger partial charge in [0.2, 0.25) is 0 Å². The Bertz CT molecular complexity index is 1160. The molecule has 0 amide bonds. The standard InChI is InChI=1S/C13H20FN2O13P3/c1-7-4-16(12(19)15-11(7)18)9-3-10(17)13(5-14,8(9)2)6-27-31(23,24)29-32(25,26)28-30(20,21)22/h4,9-10,17H,2-3,5-6H2,1H3,(H,23,24)(H,25,26)(H,15,18,19)(H2,20,21,22)/t9-,10-,13-/m0/s1. The van der Waals surface area contributed by atoms with Crippen molar-refractivity contribution in [3.8, 4) is 0 Å². The molecule has 32 heavy (non-hydrogen) atoms. The van der Waals surface area contributed by atoms with Gasteiger partial charge < -0.3 is 24.7 Å². The Balaban J connectivity index is 2.27. The maximum atomic E-state index is 14.0. The van der Waals surface area contributed by atoms with E-state index in [9.17, 15) is 42.6 Å². The molecule has 1 aromatic heterocycles. The monoisotopic (exact) mass is 524 g/mol. The van der Waals surface area contributed by atoms with Gasteiger partial charge in [-0.25, -0.2) is 22.9 Å². The second-order valence-corrected chi connectivity index (χ2v) is 11.3. The van der Waals surface area contributed by atoms with Crippen molar-refractivity contribution in [2.75, 3.05) is 13.3 Å². The lowest BCUT2D eigenvalue weighted by Crippen LogP contribution is -2.38. The molecule has 0 bridgehead atoms. The van der Waals surface area contributed by atoms with Crippen molar-refractivity contribution in [2.45, 2.75) is 25.5 Å². The average molecular weight is 524 g/mol. The van der Waals surface area contributed by atoms with E-state index >= 15 is 0 Å². The Kier molecular flexibility index (Phi) is 7.72. The van der Waals surface area contributed by atoms with E-state index in [1.54, 1.807) is 0 Å². The zero-order valence-electron chi connectivity index (χ0n) is 16.2. The van der Waals surface area contributed by atoms with Crippen molar-refractivity contribution < 1.29 is 55.9 Å². The van der Waals surface area contributed by atoms with E-state index in [1.807, 2.05) is 4.98 Å². The number of phosphoric ester groups is 1. The van der Waals surface area contributed by atoms with E-state index < -0.39 is 65.6 Å². The molecule has 0 saturated heterocycles. The Hall–Kier alpha value is -1.28. The Morgan fingerprint density at radius 3 is 2.34 bits per heavy atom. The number of rotatable bonds is 9. The fourth-order valence-corrected chi connectivity index (χ4v) is 6.21. The molecule has 15 nitrogen and oxygen atoms in total. The van der Waals surface area contributed by atoms with Crippen molar-refractivity contribution in [1.82, 2.24) is 9.55 Å². The summed E-state index contributed by atoms with van der Waals surface area (Å²) < 4.78 is 60.6. The molecule has 1 aromatic rings. The van der Waals surface area contributed by atoms with Crippen LogP contribution in [0.15, 0.2) is 27.9 Å². The first-order valence-corrected chi connectivity index (χ1v) is 13.0. The molecule has 0 aromatic carbocycles. The molecule has 0 spiro atoms. The summed E-state index contributed by atoms with van der Waals surface area (Å²) in [6.07, 6.45) is -0.787. The highest BCUT2D eigenvalue weighted by atomic mass is 31.3. The Labute approximate surface area is 178 Å². The minimum Gasteiger partial charge on any atom is -0.392 e. The van der Waals surface area contributed by atoms with E-state index in [-0.39, 0.29) is 17.6 Å². The van der Waals surface area contributed by atoms with Gasteiger partial charge in [-0.3, -0.25) is 18.9 Å². The zero-order valence-corrected chi connectivity index (χ0v) is 18.9. The molecule has 6 N–H and O–H groups in total. The van der Waals surface area contributed by atoms with Gasteiger partial charge in [-0.15, -0.1) is 0 Å². The third-order valence-corrected chi connectivity index (χ3v) is 8.53. The molecule has 1 aliphatic rings. The van der Waals surface area contributed by atoms with Crippen molar-refractivity contribution >= 4 is 23.5 Å².